The molecule has 0 aliphatic heterocycles. The number of benzene rings is 1. The molecule has 1 atom stereocenters. The molecule has 17 heavy (non-hydrogen) atoms. The van der Waals surface area contributed by atoms with Gasteiger partial charge in [-0.1, -0.05) is 6.07 Å². The zero-order valence-corrected chi connectivity index (χ0v) is 10.1. The van der Waals surface area contributed by atoms with Crippen LogP contribution in [-0.2, 0) is 4.79 Å². The number of esters is 1. The van der Waals surface area contributed by atoms with Crippen molar-refractivity contribution >= 4 is 5.97 Å². The molecular weight excluding hydrogens is 220 g/mol. The lowest BCUT2D eigenvalue weighted by molar-refractivity contribution is -0.132. The minimum absolute atomic E-state index is 0.139. The molecule has 1 aromatic carbocycles. The van der Waals surface area contributed by atoms with E-state index < -0.39 is 0 Å². The molecule has 0 bridgehead atoms. The van der Waals surface area contributed by atoms with Crippen LogP contribution in [0.3, 0.4) is 0 Å². The Morgan fingerprint density at radius 2 is 2.12 bits per heavy atom. The van der Waals surface area contributed by atoms with Crippen molar-refractivity contribution in [2.45, 2.75) is 19.4 Å². The van der Waals surface area contributed by atoms with E-state index in [0.29, 0.717) is 24.5 Å². The molecule has 0 radical (unpaired) electrons. The van der Waals surface area contributed by atoms with E-state index in [-0.39, 0.29) is 12.0 Å². The first-order valence-electron chi connectivity index (χ1n) is 5.40. The van der Waals surface area contributed by atoms with Crippen molar-refractivity contribution in [3.05, 3.63) is 23.8 Å². The molecule has 4 N–H and O–H groups in total. The molecule has 0 aliphatic rings. The van der Waals surface area contributed by atoms with Crippen LogP contribution in [0.2, 0.25) is 0 Å². The topological polar surface area (TPSA) is 87.6 Å². The van der Waals surface area contributed by atoms with Gasteiger partial charge in [-0.15, -0.1) is 0 Å². The number of rotatable bonds is 5. The van der Waals surface area contributed by atoms with E-state index in [4.69, 9.17) is 20.9 Å². The van der Waals surface area contributed by atoms with Crippen molar-refractivity contribution in [3.8, 4) is 11.5 Å². The van der Waals surface area contributed by atoms with Gasteiger partial charge < -0.3 is 20.9 Å². The number of carbonyl (C=O) groups is 1. The van der Waals surface area contributed by atoms with Crippen molar-refractivity contribution in [3.63, 3.8) is 0 Å². The predicted molar refractivity (Wildman–Crippen MR) is 64.9 cm³/mol. The standard InChI is InChI=1S/C12H18N2O3/c1-8(15)17-11-4-3-9(7-12(11)16-2)10(14)5-6-13/h3-4,7,10H,5-6,13-14H2,1-2H3/t10-/m1/s1. The first-order valence-corrected chi connectivity index (χ1v) is 5.40. The van der Waals surface area contributed by atoms with Gasteiger partial charge in [-0.05, 0) is 30.7 Å². The van der Waals surface area contributed by atoms with Crippen molar-refractivity contribution in [2.75, 3.05) is 13.7 Å². The van der Waals surface area contributed by atoms with Crippen LogP contribution < -0.4 is 20.9 Å². The smallest absolute Gasteiger partial charge is 0.308 e. The van der Waals surface area contributed by atoms with Crippen molar-refractivity contribution in [2.24, 2.45) is 11.5 Å². The van der Waals surface area contributed by atoms with Crippen LogP contribution in [0.5, 0.6) is 11.5 Å². The van der Waals surface area contributed by atoms with Gasteiger partial charge in [0.1, 0.15) is 0 Å². The van der Waals surface area contributed by atoms with Crippen LogP contribution in [0.25, 0.3) is 0 Å². The highest BCUT2D eigenvalue weighted by atomic mass is 16.6. The SMILES string of the molecule is COc1cc([C@H](N)CCN)ccc1OC(C)=O. The summed E-state index contributed by atoms with van der Waals surface area (Å²) in [4.78, 5) is 10.9. The van der Waals surface area contributed by atoms with E-state index in [1.54, 1.807) is 18.2 Å². The molecule has 0 fully saturated rings. The van der Waals surface area contributed by atoms with E-state index >= 15 is 0 Å². The van der Waals surface area contributed by atoms with Gasteiger partial charge >= 0.3 is 5.97 Å². The summed E-state index contributed by atoms with van der Waals surface area (Å²) >= 11 is 0. The van der Waals surface area contributed by atoms with E-state index in [9.17, 15) is 4.79 Å². The summed E-state index contributed by atoms with van der Waals surface area (Å²) in [5.41, 5.74) is 12.3. The Labute approximate surface area is 101 Å². The van der Waals surface area contributed by atoms with E-state index in [1.165, 1.54) is 14.0 Å². The third-order valence-electron chi connectivity index (χ3n) is 2.35. The third kappa shape index (κ3) is 3.72. The van der Waals surface area contributed by atoms with Gasteiger partial charge in [0.2, 0.25) is 0 Å². The van der Waals surface area contributed by atoms with Crippen LogP contribution in [0.15, 0.2) is 18.2 Å². The summed E-state index contributed by atoms with van der Waals surface area (Å²) in [6.07, 6.45) is 0.691. The number of hydrogen-bond acceptors (Lipinski definition) is 5. The maximum absolute atomic E-state index is 10.9. The molecule has 5 heteroatoms. The molecule has 0 saturated carbocycles. The fourth-order valence-electron chi connectivity index (χ4n) is 1.50. The summed E-state index contributed by atoms with van der Waals surface area (Å²) in [6, 6.07) is 5.10. The highest BCUT2D eigenvalue weighted by Gasteiger charge is 2.11. The fraction of sp³-hybridized carbons (Fsp3) is 0.417. The molecule has 0 unspecified atom stereocenters. The predicted octanol–water partition coefficient (Wildman–Crippen LogP) is 0.969. The van der Waals surface area contributed by atoms with Crippen LogP contribution in [-0.4, -0.2) is 19.6 Å². The Hall–Kier alpha value is -1.59. The second kappa shape index (κ2) is 6.22. The van der Waals surface area contributed by atoms with Crippen LogP contribution >= 0.6 is 0 Å². The normalized spacial score (nSPS) is 12.0. The summed E-state index contributed by atoms with van der Waals surface area (Å²) in [5, 5.41) is 0. The molecule has 0 amide bonds. The molecule has 0 spiro atoms. The molecular formula is C12H18N2O3. The van der Waals surface area contributed by atoms with E-state index in [0.717, 1.165) is 5.56 Å². The number of ether oxygens (including phenoxy) is 2. The van der Waals surface area contributed by atoms with Gasteiger partial charge in [-0.2, -0.15) is 0 Å². The van der Waals surface area contributed by atoms with E-state index in [1.807, 2.05) is 0 Å². The first-order chi connectivity index (χ1) is 8.08. The Morgan fingerprint density at radius 3 is 2.65 bits per heavy atom. The van der Waals surface area contributed by atoms with Gasteiger partial charge in [0.25, 0.3) is 0 Å². The minimum Gasteiger partial charge on any atom is -0.493 e. The quantitative estimate of drug-likeness (QED) is 0.589. The summed E-state index contributed by atoms with van der Waals surface area (Å²) in [6.45, 7) is 1.86. The molecule has 0 heterocycles. The second-order valence-electron chi connectivity index (χ2n) is 3.69. The number of hydrogen-bond donors (Lipinski definition) is 2. The average Bonchev–Trinajstić information content (AvgIpc) is 2.29. The van der Waals surface area contributed by atoms with Crippen molar-refractivity contribution < 1.29 is 14.3 Å². The van der Waals surface area contributed by atoms with Gasteiger partial charge in [0.05, 0.1) is 7.11 Å². The lowest BCUT2D eigenvalue weighted by atomic mass is 10.0. The van der Waals surface area contributed by atoms with Crippen LogP contribution in [0.1, 0.15) is 24.9 Å². The van der Waals surface area contributed by atoms with Gasteiger partial charge in [0, 0.05) is 13.0 Å². The summed E-state index contributed by atoms with van der Waals surface area (Å²) in [7, 11) is 1.51. The molecule has 1 aromatic rings. The maximum atomic E-state index is 10.9. The van der Waals surface area contributed by atoms with Crippen LogP contribution in [0, 0.1) is 0 Å². The van der Waals surface area contributed by atoms with Gasteiger partial charge in [0.15, 0.2) is 11.5 Å². The van der Waals surface area contributed by atoms with Gasteiger partial charge in [-0.25, -0.2) is 0 Å². The van der Waals surface area contributed by atoms with E-state index in [2.05, 4.69) is 0 Å². The zero-order chi connectivity index (χ0) is 12.8. The minimum atomic E-state index is -0.387. The van der Waals surface area contributed by atoms with Crippen molar-refractivity contribution in [1.82, 2.24) is 0 Å². The highest BCUT2D eigenvalue weighted by Crippen LogP contribution is 2.30. The molecule has 0 aliphatic carbocycles. The van der Waals surface area contributed by atoms with Crippen molar-refractivity contribution in [1.29, 1.82) is 0 Å². The lowest BCUT2D eigenvalue weighted by Crippen LogP contribution is -2.15. The molecule has 0 aromatic heterocycles. The van der Waals surface area contributed by atoms with Gasteiger partial charge in [-0.3, -0.25) is 4.79 Å². The highest BCUT2D eigenvalue weighted by molar-refractivity contribution is 5.70. The molecule has 0 saturated heterocycles. The Morgan fingerprint density at radius 1 is 1.41 bits per heavy atom. The number of nitrogens with two attached hydrogens (primary N) is 2. The first kappa shape index (κ1) is 13.5. The number of methoxy groups -OCH3 is 1. The maximum Gasteiger partial charge on any atom is 0.308 e. The molecule has 5 nitrogen and oxygen atoms in total. The fourth-order valence-corrected chi connectivity index (χ4v) is 1.50. The third-order valence-corrected chi connectivity index (χ3v) is 2.35. The largest absolute Gasteiger partial charge is 0.493 e. The lowest BCUT2D eigenvalue weighted by Gasteiger charge is -2.14. The Balaban J connectivity index is 2.95. The second-order valence-corrected chi connectivity index (χ2v) is 3.69. The monoisotopic (exact) mass is 238 g/mol. The molecule has 1 rings (SSSR count). The summed E-state index contributed by atoms with van der Waals surface area (Å²) in [5.74, 6) is 0.496. The Kier molecular flexibility index (Phi) is 4.93. The van der Waals surface area contributed by atoms with Crippen LogP contribution in [0.4, 0.5) is 0 Å². The average molecular weight is 238 g/mol. The number of carbonyl (C=O) groups excluding carboxylic acids is 1. The Bertz CT molecular complexity index is 393. The zero-order valence-electron chi connectivity index (χ0n) is 10.1. The molecule has 94 valence electrons. The summed E-state index contributed by atoms with van der Waals surface area (Å²) < 4.78 is 10.2.